The Hall–Kier alpha value is -2.64. The average molecular weight is 491 g/mol. The standard InChI is InChI=1S/C27H30N4OS2/c1-19-16-24(20(2)30(19)21-10-5-3-6-11-21)25(32)18-34-27-29-28-26(17-23-14-9-15-33-23)31(27)22-12-7-4-8-13-22/h3,5-6,9-11,14-16,22H,4,7-8,12-13,17-18H2,1-2H3. The molecule has 1 aliphatic carbocycles. The lowest BCUT2D eigenvalue weighted by atomic mass is 9.95. The van der Waals surface area contributed by atoms with Crippen LogP contribution in [0, 0.1) is 13.8 Å². The van der Waals surface area contributed by atoms with E-state index in [2.05, 4.69) is 55.9 Å². The molecule has 4 aromatic rings. The number of Topliss-reactive ketones (excluding diaryl/α,β-unsaturated/α-hetero) is 1. The van der Waals surface area contributed by atoms with Crippen LogP contribution in [-0.2, 0) is 6.42 Å². The zero-order chi connectivity index (χ0) is 23.5. The van der Waals surface area contributed by atoms with Crippen molar-refractivity contribution < 1.29 is 4.79 Å². The van der Waals surface area contributed by atoms with Gasteiger partial charge in [-0.3, -0.25) is 4.79 Å². The molecule has 1 saturated carbocycles. The van der Waals surface area contributed by atoms with E-state index in [4.69, 9.17) is 0 Å². The van der Waals surface area contributed by atoms with E-state index in [0.29, 0.717) is 11.8 Å². The lowest BCUT2D eigenvalue weighted by Crippen LogP contribution is -2.17. The summed E-state index contributed by atoms with van der Waals surface area (Å²) in [5.41, 5.74) is 3.93. The number of aromatic nitrogens is 4. The molecule has 0 unspecified atom stereocenters. The van der Waals surface area contributed by atoms with Crippen molar-refractivity contribution in [2.24, 2.45) is 0 Å². The Labute approximate surface area is 209 Å². The molecule has 176 valence electrons. The molecule has 0 bridgehead atoms. The number of rotatable bonds is 8. The number of para-hydroxylation sites is 1. The number of thiophene rings is 1. The van der Waals surface area contributed by atoms with Gasteiger partial charge in [-0.25, -0.2) is 0 Å². The van der Waals surface area contributed by atoms with E-state index in [1.54, 1.807) is 11.3 Å². The number of carbonyl (C=O) groups is 1. The van der Waals surface area contributed by atoms with Crippen LogP contribution in [0.2, 0.25) is 0 Å². The molecule has 0 spiro atoms. The maximum atomic E-state index is 13.3. The Morgan fingerprint density at radius 2 is 1.85 bits per heavy atom. The smallest absolute Gasteiger partial charge is 0.191 e. The van der Waals surface area contributed by atoms with Gasteiger partial charge in [-0.05, 0) is 56.3 Å². The van der Waals surface area contributed by atoms with Gasteiger partial charge in [0, 0.05) is 40.0 Å². The molecule has 0 saturated heterocycles. The number of aryl methyl sites for hydroxylation is 1. The highest BCUT2D eigenvalue weighted by Gasteiger charge is 2.24. The summed E-state index contributed by atoms with van der Waals surface area (Å²) in [7, 11) is 0. The SMILES string of the molecule is Cc1cc(C(=O)CSc2nnc(Cc3cccs3)n2C2CCCCC2)c(C)n1-c1ccccc1. The topological polar surface area (TPSA) is 52.7 Å². The van der Waals surface area contributed by atoms with E-state index in [0.717, 1.165) is 52.9 Å². The Bertz CT molecular complexity index is 1250. The maximum Gasteiger partial charge on any atom is 0.191 e. The Morgan fingerprint density at radius 1 is 1.06 bits per heavy atom. The third kappa shape index (κ3) is 4.77. The first kappa shape index (κ1) is 23.1. The predicted octanol–water partition coefficient (Wildman–Crippen LogP) is 6.82. The van der Waals surface area contributed by atoms with E-state index in [-0.39, 0.29) is 5.78 Å². The summed E-state index contributed by atoms with van der Waals surface area (Å²) in [6.45, 7) is 4.09. The largest absolute Gasteiger partial charge is 0.318 e. The highest BCUT2D eigenvalue weighted by molar-refractivity contribution is 7.99. The van der Waals surface area contributed by atoms with Gasteiger partial charge in [-0.15, -0.1) is 21.5 Å². The first-order chi connectivity index (χ1) is 16.6. The highest BCUT2D eigenvalue weighted by atomic mass is 32.2. The van der Waals surface area contributed by atoms with Crippen molar-refractivity contribution in [1.29, 1.82) is 0 Å². The fraction of sp³-hybridized carbons (Fsp3) is 0.370. The van der Waals surface area contributed by atoms with Gasteiger partial charge in [0.15, 0.2) is 10.9 Å². The van der Waals surface area contributed by atoms with Crippen molar-refractivity contribution in [3.8, 4) is 5.69 Å². The first-order valence-electron chi connectivity index (χ1n) is 12.0. The van der Waals surface area contributed by atoms with Crippen LogP contribution in [0.5, 0.6) is 0 Å². The van der Waals surface area contributed by atoms with E-state index >= 15 is 0 Å². The number of hydrogen-bond donors (Lipinski definition) is 0. The number of ketones is 1. The minimum Gasteiger partial charge on any atom is -0.318 e. The van der Waals surface area contributed by atoms with Crippen LogP contribution in [-0.4, -0.2) is 30.9 Å². The van der Waals surface area contributed by atoms with Gasteiger partial charge in [0.05, 0.1) is 5.75 Å². The van der Waals surface area contributed by atoms with Gasteiger partial charge in [-0.2, -0.15) is 0 Å². The van der Waals surface area contributed by atoms with E-state index in [1.807, 2.05) is 31.2 Å². The zero-order valence-electron chi connectivity index (χ0n) is 19.7. The summed E-state index contributed by atoms with van der Waals surface area (Å²) < 4.78 is 4.49. The lowest BCUT2D eigenvalue weighted by Gasteiger charge is -2.25. The second kappa shape index (κ2) is 10.3. The number of benzene rings is 1. The molecule has 3 aromatic heterocycles. The highest BCUT2D eigenvalue weighted by Crippen LogP contribution is 2.34. The normalized spacial score (nSPS) is 14.5. The molecular weight excluding hydrogens is 460 g/mol. The number of nitrogens with zero attached hydrogens (tertiary/aromatic N) is 4. The fourth-order valence-corrected chi connectivity index (χ4v) is 6.64. The molecule has 5 nitrogen and oxygen atoms in total. The molecule has 5 rings (SSSR count). The Balaban J connectivity index is 1.37. The molecule has 34 heavy (non-hydrogen) atoms. The lowest BCUT2D eigenvalue weighted by molar-refractivity contribution is 0.102. The zero-order valence-corrected chi connectivity index (χ0v) is 21.4. The molecule has 7 heteroatoms. The molecule has 0 N–H and O–H groups in total. The van der Waals surface area contributed by atoms with Crippen LogP contribution in [0.15, 0.2) is 59.1 Å². The van der Waals surface area contributed by atoms with Crippen LogP contribution < -0.4 is 0 Å². The Kier molecular flexibility index (Phi) is 7.02. The van der Waals surface area contributed by atoms with Crippen molar-refractivity contribution >= 4 is 28.9 Å². The minimum atomic E-state index is 0.137. The third-order valence-electron chi connectivity index (χ3n) is 6.67. The number of carbonyl (C=O) groups excluding carboxylic acids is 1. The van der Waals surface area contributed by atoms with Crippen molar-refractivity contribution in [1.82, 2.24) is 19.3 Å². The average Bonchev–Trinajstić information content (AvgIpc) is 3.58. The van der Waals surface area contributed by atoms with Gasteiger partial charge >= 0.3 is 0 Å². The minimum absolute atomic E-state index is 0.137. The van der Waals surface area contributed by atoms with E-state index < -0.39 is 0 Å². The summed E-state index contributed by atoms with van der Waals surface area (Å²) in [6, 6.07) is 16.9. The molecule has 0 atom stereocenters. The van der Waals surface area contributed by atoms with Gasteiger partial charge in [0.25, 0.3) is 0 Å². The molecule has 0 amide bonds. The molecule has 1 aromatic carbocycles. The summed E-state index contributed by atoms with van der Waals surface area (Å²) in [6.07, 6.45) is 6.92. The van der Waals surface area contributed by atoms with E-state index in [9.17, 15) is 4.79 Å². The molecule has 3 heterocycles. The summed E-state index contributed by atoms with van der Waals surface area (Å²) >= 11 is 3.29. The van der Waals surface area contributed by atoms with Crippen molar-refractivity contribution in [2.45, 2.75) is 63.6 Å². The predicted molar refractivity (Wildman–Crippen MR) is 140 cm³/mol. The quantitative estimate of drug-likeness (QED) is 0.201. The Morgan fingerprint density at radius 3 is 2.59 bits per heavy atom. The van der Waals surface area contributed by atoms with Gasteiger partial charge < -0.3 is 9.13 Å². The molecular formula is C27H30N4OS2. The van der Waals surface area contributed by atoms with Crippen molar-refractivity contribution in [3.63, 3.8) is 0 Å². The van der Waals surface area contributed by atoms with Crippen molar-refractivity contribution in [2.75, 3.05) is 5.75 Å². The monoisotopic (exact) mass is 490 g/mol. The van der Waals surface area contributed by atoms with Gasteiger partial charge in [0.2, 0.25) is 0 Å². The first-order valence-corrected chi connectivity index (χ1v) is 13.8. The van der Waals surface area contributed by atoms with Crippen LogP contribution in [0.25, 0.3) is 5.69 Å². The second-order valence-corrected chi connectivity index (χ2v) is 11.0. The third-order valence-corrected chi connectivity index (χ3v) is 8.49. The molecule has 0 radical (unpaired) electrons. The van der Waals surface area contributed by atoms with E-state index in [1.165, 1.54) is 35.9 Å². The number of hydrogen-bond acceptors (Lipinski definition) is 5. The summed E-state index contributed by atoms with van der Waals surface area (Å²) in [5.74, 6) is 1.52. The van der Waals surface area contributed by atoms with Gasteiger partial charge in [0.1, 0.15) is 5.82 Å². The summed E-state index contributed by atoms with van der Waals surface area (Å²) in [5, 5.41) is 12.1. The van der Waals surface area contributed by atoms with Crippen LogP contribution in [0.3, 0.4) is 0 Å². The van der Waals surface area contributed by atoms with Crippen LogP contribution in [0.4, 0.5) is 0 Å². The number of thioether (sulfide) groups is 1. The van der Waals surface area contributed by atoms with Gasteiger partial charge in [-0.1, -0.05) is 55.3 Å². The molecule has 1 aliphatic rings. The second-order valence-electron chi connectivity index (χ2n) is 8.98. The molecule has 0 aliphatic heterocycles. The molecule has 1 fully saturated rings. The van der Waals surface area contributed by atoms with Crippen LogP contribution >= 0.6 is 23.1 Å². The summed E-state index contributed by atoms with van der Waals surface area (Å²) in [4.78, 5) is 14.6. The maximum absolute atomic E-state index is 13.3. The van der Waals surface area contributed by atoms with Crippen molar-refractivity contribution in [3.05, 3.63) is 81.6 Å². The van der Waals surface area contributed by atoms with Crippen LogP contribution in [0.1, 0.15) is 70.6 Å². The fourth-order valence-electron chi connectivity index (χ4n) is 5.03.